The van der Waals surface area contributed by atoms with Crippen LogP contribution >= 0.6 is 15.9 Å². The van der Waals surface area contributed by atoms with Gasteiger partial charge in [-0.25, -0.2) is 0 Å². The Morgan fingerprint density at radius 2 is 2.00 bits per heavy atom. The van der Waals surface area contributed by atoms with Crippen molar-refractivity contribution in [2.75, 3.05) is 11.9 Å². The van der Waals surface area contributed by atoms with E-state index >= 15 is 0 Å². The molecule has 1 aliphatic rings. The van der Waals surface area contributed by atoms with Crippen LogP contribution in [0.15, 0.2) is 34.3 Å². The van der Waals surface area contributed by atoms with Crippen LogP contribution in [0.5, 0.6) is 0 Å². The van der Waals surface area contributed by atoms with Gasteiger partial charge in [0.05, 0.1) is 11.3 Å². The van der Waals surface area contributed by atoms with E-state index in [1.807, 2.05) is 0 Å². The number of hydrogen-bond acceptors (Lipinski definition) is 3. The van der Waals surface area contributed by atoms with Gasteiger partial charge >= 0.3 is 0 Å². The molecule has 1 aromatic carbocycles. The van der Waals surface area contributed by atoms with Gasteiger partial charge in [0, 0.05) is 17.9 Å². The fourth-order valence-electron chi connectivity index (χ4n) is 2.67. The molecule has 0 unspecified atom stereocenters. The largest absolute Gasteiger partial charge is 0.349 e. The van der Waals surface area contributed by atoms with Crippen LogP contribution in [0, 0.1) is 0 Å². The van der Waals surface area contributed by atoms with Crippen LogP contribution in [0.2, 0.25) is 0 Å². The maximum atomic E-state index is 12.4. The number of carbonyl (C=O) groups excluding carboxylic acids is 3. The van der Waals surface area contributed by atoms with Gasteiger partial charge in [-0.3, -0.25) is 14.4 Å². The normalized spacial score (nSPS) is 13.8. The maximum absolute atomic E-state index is 12.4. The summed E-state index contributed by atoms with van der Waals surface area (Å²) in [5.41, 5.74) is 1.85. The minimum atomic E-state index is -0.656. The summed E-state index contributed by atoms with van der Waals surface area (Å²) < 4.78 is 0.667. The Balaban J connectivity index is 1.99. The molecule has 5 nitrogen and oxygen atoms in total. The molecule has 24 heavy (non-hydrogen) atoms. The van der Waals surface area contributed by atoms with Crippen molar-refractivity contribution in [1.82, 2.24) is 5.32 Å². The Hall–Kier alpha value is -1.95. The van der Waals surface area contributed by atoms with Crippen molar-refractivity contribution in [1.29, 1.82) is 0 Å². The quantitative estimate of drug-likeness (QED) is 0.441. The van der Waals surface area contributed by atoms with Crippen molar-refractivity contribution in [3.63, 3.8) is 0 Å². The average molecular weight is 393 g/mol. The van der Waals surface area contributed by atoms with E-state index in [9.17, 15) is 14.4 Å². The monoisotopic (exact) mass is 392 g/mol. The molecular weight excluding hydrogens is 372 g/mol. The molecule has 0 saturated heterocycles. The molecule has 128 valence electrons. The standard InChI is InChI=1S/C18H21BrN2O3/c1-12(22)21-16-8-7-14(19)11-15(16)17(23)18(24)20-10-9-13-5-3-2-4-6-13/h5,7-8,11H,2-4,6,9-10H2,1H3,(H,20,24)(H,21,22). The van der Waals surface area contributed by atoms with E-state index in [0.717, 1.165) is 19.3 Å². The van der Waals surface area contributed by atoms with E-state index < -0.39 is 11.7 Å². The molecule has 0 aromatic heterocycles. The average Bonchev–Trinajstić information content (AvgIpc) is 2.56. The lowest BCUT2D eigenvalue weighted by Gasteiger charge is -2.13. The zero-order valence-corrected chi connectivity index (χ0v) is 15.2. The lowest BCUT2D eigenvalue weighted by atomic mass is 9.97. The summed E-state index contributed by atoms with van der Waals surface area (Å²) in [5.74, 6) is -1.61. The number of halogens is 1. The number of Topliss-reactive ketones (excluding diaryl/α,β-unsaturated/α-hetero) is 1. The van der Waals surface area contributed by atoms with Gasteiger partial charge in [0.15, 0.2) is 0 Å². The minimum absolute atomic E-state index is 0.175. The van der Waals surface area contributed by atoms with E-state index in [0.29, 0.717) is 16.7 Å². The van der Waals surface area contributed by atoms with Crippen molar-refractivity contribution < 1.29 is 14.4 Å². The highest BCUT2D eigenvalue weighted by Gasteiger charge is 2.20. The third-order valence-electron chi connectivity index (χ3n) is 3.86. The van der Waals surface area contributed by atoms with Gasteiger partial charge < -0.3 is 10.6 Å². The van der Waals surface area contributed by atoms with Crippen LogP contribution in [0.3, 0.4) is 0 Å². The van der Waals surface area contributed by atoms with Gasteiger partial charge in [-0.2, -0.15) is 0 Å². The first-order valence-electron chi connectivity index (χ1n) is 8.05. The second kappa shape index (κ2) is 8.78. The molecule has 0 heterocycles. The number of hydrogen-bond donors (Lipinski definition) is 2. The predicted octanol–water partition coefficient (Wildman–Crippen LogP) is 3.60. The van der Waals surface area contributed by atoms with Gasteiger partial charge in [-0.1, -0.05) is 27.6 Å². The summed E-state index contributed by atoms with van der Waals surface area (Å²) in [6.07, 6.45) is 7.58. The fraction of sp³-hybridized carbons (Fsp3) is 0.389. The SMILES string of the molecule is CC(=O)Nc1ccc(Br)cc1C(=O)C(=O)NCCC1=CCCCC1. The molecule has 2 amide bonds. The topological polar surface area (TPSA) is 75.3 Å². The molecule has 1 aliphatic carbocycles. The number of nitrogens with one attached hydrogen (secondary N) is 2. The summed E-state index contributed by atoms with van der Waals surface area (Å²) in [6, 6.07) is 4.84. The Bertz CT molecular complexity index is 683. The van der Waals surface area contributed by atoms with Crippen molar-refractivity contribution in [2.45, 2.75) is 39.0 Å². The summed E-state index contributed by atoms with van der Waals surface area (Å²) in [4.78, 5) is 35.8. The van der Waals surface area contributed by atoms with E-state index in [4.69, 9.17) is 0 Å². The van der Waals surface area contributed by atoms with E-state index in [2.05, 4.69) is 32.6 Å². The van der Waals surface area contributed by atoms with Gasteiger partial charge in [0.1, 0.15) is 0 Å². The summed E-state index contributed by atoms with van der Waals surface area (Å²) >= 11 is 3.28. The molecule has 2 N–H and O–H groups in total. The molecule has 0 aliphatic heterocycles. The van der Waals surface area contributed by atoms with Crippen LogP contribution in [0.4, 0.5) is 5.69 Å². The smallest absolute Gasteiger partial charge is 0.292 e. The van der Waals surface area contributed by atoms with Gasteiger partial charge in [0.25, 0.3) is 11.7 Å². The van der Waals surface area contributed by atoms with Crippen LogP contribution in [-0.4, -0.2) is 24.1 Å². The molecule has 0 bridgehead atoms. The number of amides is 2. The van der Waals surface area contributed by atoms with E-state index in [-0.39, 0.29) is 11.5 Å². The van der Waals surface area contributed by atoms with Crippen molar-refractivity contribution >= 4 is 39.2 Å². The molecule has 0 radical (unpaired) electrons. The molecular formula is C18H21BrN2O3. The molecule has 6 heteroatoms. The number of carbonyl (C=O) groups is 3. The fourth-order valence-corrected chi connectivity index (χ4v) is 3.03. The first-order chi connectivity index (χ1) is 11.5. The summed E-state index contributed by atoms with van der Waals surface area (Å²) in [5, 5.41) is 5.25. The first-order valence-corrected chi connectivity index (χ1v) is 8.84. The van der Waals surface area contributed by atoms with Crippen LogP contribution in [0.25, 0.3) is 0 Å². The van der Waals surface area contributed by atoms with Crippen molar-refractivity contribution in [2.24, 2.45) is 0 Å². The highest BCUT2D eigenvalue weighted by Crippen LogP contribution is 2.22. The lowest BCUT2D eigenvalue weighted by molar-refractivity contribution is -0.117. The minimum Gasteiger partial charge on any atom is -0.349 e. The van der Waals surface area contributed by atoms with Gasteiger partial charge in [-0.15, -0.1) is 0 Å². The van der Waals surface area contributed by atoms with Gasteiger partial charge in [-0.05, 0) is 50.3 Å². The first kappa shape index (κ1) is 18.4. The maximum Gasteiger partial charge on any atom is 0.292 e. The van der Waals surface area contributed by atoms with Crippen molar-refractivity contribution in [3.05, 3.63) is 39.9 Å². The van der Waals surface area contributed by atoms with Crippen LogP contribution in [-0.2, 0) is 9.59 Å². The van der Waals surface area contributed by atoms with E-state index in [1.165, 1.54) is 31.4 Å². The molecule has 0 saturated carbocycles. The summed E-state index contributed by atoms with van der Waals surface area (Å²) in [7, 11) is 0. The predicted molar refractivity (Wildman–Crippen MR) is 97.0 cm³/mol. The van der Waals surface area contributed by atoms with E-state index in [1.54, 1.807) is 12.1 Å². The molecule has 0 fully saturated rings. The second-order valence-electron chi connectivity index (χ2n) is 5.81. The second-order valence-corrected chi connectivity index (χ2v) is 6.73. The van der Waals surface area contributed by atoms with Crippen LogP contribution in [0.1, 0.15) is 49.4 Å². The Kier molecular flexibility index (Phi) is 6.73. The Labute approximate surface area is 150 Å². The zero-order valence-electron chi connectivity index (χ0n) is 13.7. The molecule has 1 aromatic rings. The molecule has 0 atom stereocenters. The van der Waals surface area contributed by atoms with Crippen molar-refractivity contribution in [3.8, 4) is 0 Å². The zero-order chi connectivity index (χ0) is 17.5. The third-order valence-corrected chi connectivity index (χ3v) is 4.35. The molecule has 0 spiro atoms. The number of anilines is 1. The van der Waals surface area contributed by atoms with Gasteiger partial charge in [0.2, 0.25) is 5.91 Å². The highest BCUT2D eigenvalue weighted by atomic mass is 79.9. The number of rotatable bonds is 6. The van der Waals surface area contributed by atoms with Crippen LogP contribution < -0.4 is 10.6 Å². The number of allylic oxidation sites excluding steroid dienone is 1. The number of benzene rings is 1. The number of ketones is 1. The molecule has 2 rings (SSSR count). The Morgan fingerprint density at radius 1 is 1.21 bits per heavy atom. The Morgan fingerprint density at radius 3 is 2.67 bits per heavy atom. The summed E-state index contributed by atoms with van der Waals surface area (Å²) in [6.45, 7) is 1.80. The highest BCUT2D eigenvalue weighted by molar-refractivity contribution is 9.10. The third kappa shape index (κ3) is 5.30. The lowest BCUT2D eigenvalue weighted by Crippen LogP contribution is -2.32.